The molecule has 1 heterocycles. The molecule has 1 aromatic rings. The minimum atomic E-state index is -0.195. The van der Waals surface area contributed by atoms with Crippen LogP contribution in [0.3, 0.4) is 0 Å². The van der Waals surface area contributed by atoms with Gasteiger partial charge in [-0.05, 0) is 18.9 Å². The molecule has 19 heavy (non-hydrogen) atoms. The van der Waals surface area contributed by atoms with Gasteiger partial charge in [0, 0.05) is 33.0 Å². The van der Waals surface area contributed by atoms with Crippen molar-refractivity contribution in [3.05, 3.63) is 22.8 Å². The molecule has 0 aromatic carbocycles. The summed E-state index contributed by atoms with van der Waals surface area (Å²) in [6, 6.07) is 1.63. The maximum Gasteiger partial charge on any atom is 0.252 e. The van der Waals surface area contributed by atoms with Crippen molar-refractivity contribution < 1.29 is 9.53 Å². The Bertz CT molecular complexity index is 413. The van der Waals surface area contributed by atoms with Gasteiger partial charge in [0.15, 0.2) is 0 Å². The number of pyridine rings is 1. The van der Waals surface area contributed by atoms with E-state index in [1.54, 1.807) is 13.1 Å². The lowest BCUT2D eigenvalue weighted by Gasteiger charge is -2.08. The van der Waals surface area contributed by atoms with Crippen LogP contribution >= 0.6 is 11.6 Å². The van der Waals surface area contributed by atoms with Gasteiger partial charge in [0.2, 0.25) is 0 Å². The van der Waals surface area contributed by atoms with E-state index in [4.69, 9.17) is 16.3 Å². The average molecular weight is 286 g/mol. The Hall–Kier alpha value is -1.33. The van der Waals surface area contributed by atoms with Gasteiger partial charge in [0.25, 0.3) is 5.91 Å². The minimum absolute atomic E-state index is 0.195. The first-order chi connectivity index (χ1) is 9.19. The summed E-state index contributed by atoms with van der Waals surface area (Å²) in [5, 5.41) is 6.03. The van der Waals surface area contributed by atoms with E-state index in [0.717, 1.165) is 19.4 Å². The molecule has 0 aliphatic rings. The summed E-state index contributed by atoms with van der Waals surface area (Å²) >= 11 is 5.95. The molecule has 5 nitrogen and oxygen atoms in total. The van der Waals surface area contributed by atoms with Gasteiger partial charge in [-0.1, -0.05) is 18.5 Å². The molecule has 0 fully saturated rings. The molecule has 0 saturated carbocycles. The van der Waals surface area contributed by atoms with E-state index >= 15 is 0 Å². The second kappa shape index (κ2) is 8.72. The summed E-state index contributed by atoms with van der Waals surface area (Å²) < 4.78 is 5.33. The fraction of sp³-hybridized carbons (Fsp3) is 0.538. The Morgan fingerprint density at radius 2 is 2.26 bits per heavy atom. The predicted molar refractivity (Wildman–Crippen MR) is 76.9 cm³/mol. The molecule has 0 unspecified atom stereocenters. The maximum atomic E-state index is 11.9. The second-order valence-electron chi connectivity index (χ2n) is 4.02. The molecule has 0 radical (unpaired) electrons. The number of carbonyl (C=O) groups is 1. The van der Waals surface area contributed by atoms with Crippen molar-refractivity contribution >= 4 is 23.3 Å². The highest BCUT2D eigenvalue weighted by atomic mass is 35.5. The summed E-state index contributed by atoms with van der Waals surface area (Å²) in [5.41, 5.74) is 0.426. The lowest BCUT2D eigenvalue weighted by atomic mass is 10.2. The summed E-state index contributed by atoms with van der Waals surface area (Å²) in [6.07, 6.45) is 3.26. The maximum absolute atomic E-state index is 11.9. The van der Waals surface area contributed by atoms with E-state index < -0.39 is 0 Å². The van der Waals surface area contributed by atoms with Gasteiger partial charge in [-0.25, -0.2) is 4.98 Å². The van der Waals surface area contributed by atoms with E-state index in [-0.39, 0.29) is 5.91 Å². The van der Waals surface area contributed by atoms with Gasteiger partial charge < -0.3 is 15.4 Å². The molecular formula is C13H20ClN3O2. The second-order valence-corrected chi connectivity index (χ2v) is 4.43. The first-order valence-corrected chi connectivity index (χ1v) is 6.76. The van der Waals surface area contributed by atoms with E-state index in [2.05, 4.69) is 22.5 Å². The Morgan fingerprint density at radius 1 is 1.47 bits per heavy atom. The van der Waals surface area contributed by atoms with Crippen LogP contribution < -0.4 is 10.6 Å². The first kappa shape index (κ1) is 15.7. The molecule has 6 heteroatoms. The molecule has 0 saturated heterocycles. The highest BCUT2D eigenvalue weighted by Crippen LogP contribution is 2.17. The zero-order valence-corrected chi connectivity index (χ0v) is 12.1. The molecule has 1 rings (SSSR count). The summed E-state index contributed by atoms with van der Waals surface area (Å²) in [5.74, 6) is 0.417. The zero-order valence-electron chi connectivity index (χ0n) is 11.3. The third-order valence-corrected chi connectivity index (χ3v) is 2.76. The standard InChI is InChI=1S/C13H20ClN3O2/c1-3-6-19-7-4-5-16-13(18)10-8-12(15-2)17-9-11(10)14/h8-9H,3-7H2,1-2H3,(H,15,17)(H,16,18). The van der Waals surface area contributed by atoms with Gasteiger partial charge in [-0.3, -0.25) is 4.79 Å². The van der Waals surface area contributed by atoms with Crippen LogP contribution in [0.15, 0.2) is 12.3 Å². The molecule has 2 N–H and O–H groups in total. The van der Waals surface area contributed by atoms with E-state index in [9.17, 15) is 4.79 Å². The topological polar surface area (TPSA) is 63.2 Å². The van der Waals surface area contributed by atoms with E-state index in [1.165, 1.54) is 6.20 Å². The normalized spacial score (nSPS) is 10.3. The Labute approximate surface area is 118 Å². The fourth-order valence-corrected chi connectivity index (χ4v) is 1.66. The Morgan fingerprint density at radius 3 is 2.95 bits per heavy atom. The van der Waals surface area contributed by atoms with Crippen molar-refractivity contribution in [1.29, 1.82) is 0 Å². The van der Waals surface area contributed by atoms with Crippen molar-refractivity contribution in [2.24, 2.45) is 0 Å². The van der Waals surface area contributed by atoms with Crippen LogP contribution in [0.5, 0.6) is 0 Å². The quantitative estimate of drug-likeness (QED) is 0.720. The number of nitrogens with zero attached hydrogens (tertiary/aromatic N) is 1. The Balaban J connectivity index is 2.40. The number of carbonyl (C=O) groups excluding carboxylic acids is 1. The Kier molecular flexibility index (Phi) is 7.22. The number of halogens is 1. The van der Waals surface area contributed by atoms with Crippen LogP contribution in [0.1, 0.15) is 30.1 Å². The molecule has 1 amide bonds. The SMILES string of the molecule is CCCOCCCNC(=O)c1cc(NC)ncc1Cl. The molecule has 0 aliphatic carbocycles. The largest absolute Gasteiger partial charge is 0.381 e. The third kappa shape index (κ3) is 5.44. The first-order valence-electron chi connectivity index (χ1n) is 6.38. The van der Waals surface area contributed by atoms with Crippen LogP contribution in [-0.2, 0) is 4.74 Å². The van der Waals surface area contributed by atoms with Crippen molar-refractivity contribution in [3.8, 4) is 0 Å². The summed E-state index contributed by atoms with van der Waals surface area (Å²) in [4.78, 5) is 16.0. The number of aromatic nitrogens is 1. The summed E-state index contributed by atoms with van der Waals surface area (Å²) in [7, 11) is 1.74. The van der Waals surface area contributed by atoms with Gasteiger partial charge in [-0.2, -0.15) is 0 Å². The molecular weight excluding hydrogens is 266 g/mol. The molecule has 0 atom stereocenters. The lowest BCUT2D eigenvalue weighted by Crippen LogP contribution is -2.25. The highest BCUT2D eigenvalue weighted by Gasteiger charge is 2.11. The van der Waals surface area contributed by atoms with Gasteiger partial charge >= 0.3 is 0 Å². The van der Waals surface area contributed by atoms with Gasteiger partial charge in [0.05, 0.1) is 10.6 Å². The highest BCUT2D eigenvalue weighted by molar-refractivity contribution is 6.33. The number of hydrogen-bond acceptors (Lipinski definition) is 4. The molecule has 0 aliphatic heterocycles. The number of ether oxygens (including phenoxy) is 1. The van der Waals surface area contributed by atoms with Crippen LogP contribution in [0.2, 0.25) is 5.02 Å². The molecule has 0 spiro atoms. The van der Waals surface area contributed by atoms with Crippen molar-refractivity contribution in [2.75, 3.05) is 32.1 Å². The van der Waals surface area contributed by atoms with Crippen molar-refractivity contribution in [1.82, 2.24) is 10.3 Å². The fourth-order valence-electron chi connectivity index (χ4n) is 1.47. The van der Waals surface area contributed by atoms with E-state index in [0.29, 0.717) is 29.6 Å². The minimum Gasteiger partial charge on any atom is -0.381 e. The zero-order chi connectivity index (χ0) is 14.1. The molecule has 0 bridgehead atoms. The van der Waals surface area contributed by atoms with Crippen LogP contribution in [-0.4, -0.2) is 37.7 Å². The van der Waals surface area contributed by atoms with Crippen LogP contribution in [0, 0.1) is 0 Å². The van der Waals surface area contributed by atoms with Crippen molar-refractivity contribution in [3.63, 3.8) is 0 Å². The van der Waals surface area contributed by atoms with Gasteiger partial charge in [0.1, 0.15) is 5.82 Å². The number of nitrogens with one attached hydrogen (secondary N) is 2. The average Bonchev–Trinajstić information content (AvgIpc) is 2.43. The number of anilines is 1. The van der Waals surface area contributed by atoms with Crippen LogP contribution in [0.25, 0.3) is 0 Å². The predicted octanol–water partition coefficient (Wildman–Crippen LogP) is 2.32. The molecule has 106 valence electrons. The number of amides is 1. The smallest absolute Gasteiger partial charge is 0.252 e. The summed E-state index contributed by atoms with van der Waals surface area (Å²) in [6.45, 7) is 4.04. The van der Waals surface area contributed by atoms with Crippen LogP contribution in [0.4, 0.5) is 5.82 Å². The van der Waals surface area contributed by atoms with E-state index in [1.807, 2.05) is 0 Å². The number of rotatable bonds is 8. The lowest BCUT2D eigenvalue weighted by molar-refractivity contribution is 0.0941. The third-order valence-electron chi connectivity index (χ3n) is 2.46. The number of hydrogen-bond donors (Lipinski definition) is 2. The monoisotopic (exact) mass is 285 g/mol. The molecule has 1 aromatic heterocycles. The van der Waals surface area contributed by atoms with Gasteiger partial charge in [-0.15, -0.1) is 0 Å². The van der Waals surface area contributed by atoms with Crippen molar-refractivity contribution in [2.45, 2.75) is 19.8 Å².